The third-order valence-electron chi connectivity index (χ3n) is 3.59. The van der Waals surface area contributed by atoms with Crippen molar-refractivity contribution in [3.05, 3.63) is 36.4 Å². The van der Waals surface area contributed by atoms with Gasteiger partial charge in [-0.2, -0.15) is 0 Å². The Balaban J connectivity index is 2.20. The van der Waals surface area contributed by atoms with E-state index in [0.29, 0.717) is 17.4 Å². The monoisotopic (exact) mass is 376 g/mol. The van der Waals surface area contributed by atoms with E-state index in [-0.39, 0.29) is 35.0 Å². The van der Waals surface area contributed by atoms with Crippen molar-refractivity contribution in [1.82, 2.24) is 9.88 Å². The van der Waals surface area contributed by atoms with Crippen LogP contribution < -0.4 is 5.32 Å². The van der Waals surface area contributed by atoms with Crippen LogP contribution in [0.15, 0.2) is 41.1 Å². The van der Waals surface area contributed by atoms with Crippen molar-refractivity contribution in [3.8, 4) is 11.8 Å². The molecule has 2 aromatic rings. The van der Waals surface area contributed by atoms with E-state index in [4.69, 9.17) is 17.0 Å². The van der Waals surface area contributed by atoms with Crippen LogP contribution in [0.2, 0.25) is 0 Å². The molecule has 0 saturated carbocycles. The van der Waals surface area contributed by atoms with Crippen molar-refractivity contribution in [2.24, 2.45) is 10.2 Å². The summed E-state index contributed by atoms with van der Waals surface area (Å²) in [5, 5.41) is 31.3. The number of benzene rings is 1. The summed E-state index contributed by atoms with van der Waals surface area (Å²) >= 11 is 4.99. The van der Waals surface area contributed by atoms with Crippen molar-refractivity contribution in [3.63, 3.8) is 0 Å². The van der Waals surface area contributed by atoms with Crippen LogP contribution in [0, 0.1) is 0 Å². The van der Waals surface area contributed by atoms with Gasteiger partial charge in [-0.3, -0.25) is 9.36 Å². The van der Waals surface area contributed by atoms with Crippen molar-refractivity contribution in [1.29, 1.82) is 0 Å². The topological polar surface area (TPSA) is 108 Å². The summed E-state index contributed by atoms with van der Waals surface area (Å²) in [6, 6.07) is 4.40. The van der Waals surface area contributed by atoms with E-state index < -0.39 is 5.91 Å². The summed E-state index contributed by atoms with van der Waals surface area (Å²) in [4.78, 5) is 12.2. The normalized spacial score (nSPS) is 12.4. The number of fused-ring (bicyclic) bond motifs is 1. The molecule has 1 heterocycles. The number of allylic oxidation sites excluding steroid dienone is 1. The minimum absolute atomic E-state index is 0.0672. The first kappa shape index (κ1) is 19.5. The standard InChI is InChI=1S/C17H20N4O4S/c1-4-7-21-15(23)12-6-5-11(8-13(12)16(21)24)14(22)19-20-17(26)18-10(2)9-25-3/h4-6,8,10,23-24H,1,7,9H2,2-3H3,(H,18,26)/t10-/m1/s1. The van der Waals surface area contributed by atoms with Gasteiger partial charge in [-0.05, 0) is 37.3 Å². The van der Waals surface area contributed by atoms with Gasteiger partial charge in [0, 0.05) is 36.0 Å². The molecule has 1 aromatic heterocycles. The fraction of sp³-hybridized carbons (Fsp3) is 0.294. The third kappa shape index (κ3) is 4.24. The summed E-state index contributed by atoms with van der Waals surface area (Å²) in [6.45, 7) is 6.09. The number of hydrogen-bond donors (Lipinski definition) is 3. The zero-order valence-electron chi connectivity index (χ0n) is 14.5. The number of ether oxygens (including phenoxy) is 1. The Hall–Kier alpha value is -2.78. The third-order valence-corrected chi connectivity index (χ3v) is 3.79. The van der Waals surface area contributed by atoms with E-state index >= 15 is 0 Å². The second kappa shape index (κ2) is 8.54. The number of amides is 1. The SMILES string of the molecule is C=CCn1c(O)c2ccc(C(=O)N=NC(=S)N[C@H](C)COC)cc2c1O. The molecule has 26 heavy (non-hydrogen) atoms. The van der Waals surface area contributed by atoms with Gasteiger partial charge in [0.25, 0.3) is 5.91 Å². The first-order chi connectivity index (χ1) is 12.4. The summed E-state index contributed by atoms with van der Waals surface area (Å²) in [7, 11) is 1.57. The zero-order chi connectivity index (χ0) is 19.3. The fourth-order valence-electron chi connectivity index (χ4n) is 2.43. The summed E-state index contributed by atoms with van der Waals surface area (Å²) in [6.07, 6.45) is 1.54. The molecule has 3 N–H and O–H groups in total. The first-order valence-corrected chi connectivity index (χ1v) is 8.20. The second-order valence-electron chi connectivity index (χ2n) is 5.62. The molecular formula is C17H20N4O4S. The van der Waals surface area contributed by atoms with Gasteiger partial charge in [0.15, 0.2) is 0 Å². The highest BCUT2D eigenvalue weighted by Crippen LogP contribution is 2.36. The van der Waals surface area contributed by atoms with Crippen LogP contribution in [0.1, 0.15) is 17.3 Å². The van der Waals surface area contributed by atoms with E-state index in [1.807, 2.05) is 6.92 Å². The molecule has 0 spiro atoms. The van der Waals surface area contributed by atoms with Gasteiger partial charge in [0.05, 0.1) is 6.61 Å². The summed E-state index contributed by atoms with van der Waals surface area (Å²) in [5.41, 5.74) is 0.208. The predicted octanol–water partition coefficient (Wildman–Crippen LogP) is 2.74. The van der Waals surface area contributed by atoms with Gasteiger partial charge in [-0.15, -0.1) is 16.8 Å². The van der Waals surface area contributed by atoms with Crippen molar-refractivity contribution in [2.45, 2.75) is 19.5 Å². The second-order valence-corrected chi connectivity index (χ2v) is 6.00. The number of rotatable bonds is 6. The van der Waals surface area contributed by atoms with E-state index in [1.54, 1.807) is 7.11 Å². The Morgan fingerprint density at radius 2 is 2.08 bits per heavy atom. The molecule has 0 radical (unpaired) electrons. The van der Waals surface area contributed by atoms with E-state index in [0.717, 1.165) is 0 Å². The summed E-state index contributed by atoms with van der Waals surface area (Å²) < 4.78 is 6.25. The number of aromatic hydroxyl groups is 2. The number of thiocarbonyl (C=S) groups is 1. The van der Waals surface area contributed by atoms with E-state index in [2.05, 4.69) is 22.1 Å². The van der Waals surface area contributed by atoms with Crippen LogP contribution in [0.3, 0.4) is 0 Å². The number of aromatic nitrogens is 1. The first-order valence-electron chi connectivity index (χ1n) is 7.79. The Bertz CT molecular complexity index is 875. The quantitative estimate of drug-likeness (QED) is 0.406. The highest BCUT2D eigenvalue weighted by Gasteiger charge is 2.17. The molecular weight excluding hydrogens is 356 g/mol. The van der Waals surface area contributed by atoms with Crippen molar-refractivity contribution >= 4 is 34.0 Å². The number of hydrogen-bond acceptors (Lipinski definition) is 5. The number of nitrogens with one attached hydrogen (secondary N) is 1. The number of carbonyl (C=O) groups is 1. The molecule has 0 aliphatic carbocycles. The lowest BCUT2D eigenvalue weighted by Crippen LogP contribution is -2.33. The lowest BCUT2D eigenvalue weighted by atomic mass is 10.1. The lowest BCUT2D eigenvalue weighted by molar-refractivity contribution is 0.0995. The maximum Gasteiger partial charge on any atom is 0.295 e. The molecule has 138 valence electrons. The molecule has 0 aliphatic rings. The highest BCUT2D eigenvalue weighted by atomic mass is 32.1. The molecule has 0 fully saturated rings. The van der Waals surface area contributed by atoms with E-state index in [9.17, 15) is 15.0 Å². The molecule has 2 rings (SSSR count). The maximum absolute atomic E-state index is 12.2. The molecule has 9 heteroatoms. The minimum atomic E-state index is -0.620. The Morgan fingerprint density at radius 3 is 2.73 bits per heavy atom. The lowest BCUT2D eigenvalue weighted by Gasteiger charge is -2.10. The van der Waals surface area contributed by atoms with Gasteiger partial charge in [-0.1, -0.05) is 6.08 Å². The van der Waals surface area contributed by atoms with Crippen LogP contribution in [0.25, 0.3) is 10.8 Å². The Morgan fingerprint density at radius 1 is 1.38 bits per heavy atom. The fourth-order valence-corrected chi connectivity index (χ4v) is 2.67. The maximum atomic E-state index is 12.2. The number of methoxy groups -OCH3 is 1. The predicted molar refractivity (Wildman–Crippen MR) is 102 cm³/mol. The van der Waals surface area contributed by atoms with Crippen molar-refractivity contribution in [2.75, 3.05) is 13.7 Å². The summed E-state index contributed by atoms with van der Waals surface area (Å²) in [5.74, 6) is -0.879. The molecule has 1 atom stereocenters. The molecule has 1 amide bonds. The zero-order valence-corrected chi connectivity index (χ0v) is 15.3. The average molecular weight is 376 g/mol. The van der Waals surface area contributed by atoms with Crippen LogP contribution in [0.4, 0.5) is 0 Å². The highest BCUT2D eigenvalue weighted by molar-refractivity contribution is 7.80. The molecule has 0 aliphatic heterocycles. The Kier molecular flexibility index (Phi) is 6.42. The van der Waals surface area contributed by atoms with Gasteiger partial charge in [0.1, 0.15) is 0 Å². The van der Waals surface area contributed by atoms with Gasteiger partial charge >= 0.3 is 0 Å². The Labute approximate surface area is 155 Å². The number of azo groups is 1. The van der Waals surface area contributed by atoms with Gasteiger partial charge in [0.2, 0.25) is 16.9 Å². The minimum Gasteiger partial charge on any atom is -0.494 e. The number of carbonyl (C=O) groups excluding carboxylic acids is 1. The number of nitrogens with zero attached hydrogens (tertiary/aromatic N) is 3. The van der Waals surface area contributed by atoms with Crippen molar-refractivity contribution < 1.29 is 19.7 Å². The van der Waals surface area contributed by atoms with Gasteiger partial charge in [-0.25, -0.2) is 0 Å². The van der Waals surface area contributed by atoms with Crippen LogP contribution in [-0.4, -0.2) is 45.6 Å². The molecule has 1 aromatic carbocycles. The molecule has 8 nitrogen and oxygen atoms in total. The average Bonchev–Trinajstić information content (AvgIpc) is 2.84. The van der Waals surface area contributed by atoms with Crippen LogP contribution >= 0.6 is 12.2 Å². The largest absolute Gasteiger partial charge is 0.494 e. The van der Waals surface area contributed by atoms with Crippen LogP contribution in [-0.2, 0) is 11.3 Å². The molecule has 0 unspecified atom stereocenters. The van der Waals surface area contributed by atoms with Gasteiger partial charge < -0.3 is 20.3 Å². The molecule has 0 bridgehead atoms. The smallest absolute Gasteiger partial charge is 0.295 e. The van der Waals surface area contributed by atoms with E-state index in [1.165, 1.54) is 28.8 Å². The molecule has 0 saturated heterocycles. The van der Waals surface area contributed by atoms with Crippen LogP contribution in [0.5, 0.6) is 11.8 Å².